The molecule has 0 aromatic carbocycles. The summed E-state index contributed by atoms with van der Waals surface area (Å²) in [5, 5.41) is 9.93. The van der Waals surface area contributed by atoms with E-state index in [0.717, 1.165) is 12.5 Å². The van der Waals surface area contributed by atoms with Gasteiger partial charge in [0.15, 0.2) is 0 Å². The van der Waals surface area contributed by atoms with Crippen LogP contribution in [0.25, 0.3) is 0 Å². The van der Waals surface area contributed by atoms with Gasteiger partial charge < -0.3 is 14.7 Å². The highest BCUT2D eigenvalue weighted by atomic mass is 16.5. The molecule has 0 spiro atoms. The Morgan fingerprint density at radius 1 is 1.22 bits per heavy atom. The number of hydrogen-bond acceptors (Lipinski definition) is 3. The van der Waals surface area contributed by atoms with Gasteiger partial charge in [0.25, 0.3) is 0 Å². The zero-order chi connectivity index (χ0) is 13.5. The van der Waals surface area contributed by atoms with E-state index in [0.29, 0.717) is 12.6 Å². The largest absolute Gasteiger partial charge is 0.389 e. The summed E-state index contributed by atoms with van der Waals surface area (Å²) in [7, 11) is 2.13. The highest BCUT2D eigenvalue weighted by Gasteiger charge is 2.24. The Labute approximate surface area is 113 Å². The summed E-state index contributed by atoms with van der Waals surface area (Å²) in [6, 6.07) is 0.654. The van der Waals surface area contributed by atoms with Crippen molar-refractivity contribution in [1.29, 1.82) is 0 Å². The van der Waals surface area contributed by atoms with Crippen molar-refractivity contribution in [2.45, 2.75) is 71.1 Å². The Morgan fingerprint density at radius 3 is 2.33 bits per heavy atom. The molecule has 1 saturated carbocycles. The van der Waals surface area contributed by atoms with Crippen LogP contribution in [0.5, 0.6) is 0 Å². The van der Waals surface area contributed by atoms with Crippen LogP contribution in [0.15, 0.2) is 0 Å². The molecule has 1 N–H and O–H groups in total. The summed E-state index contributed by atoms with van der Waals surface area (Å²) in [4.78, 5) is 2.32. The number of aliphatic hydroxyl groups excluding tert-OH is 1. The Balaban J connectivity index is 2.22. The first-order valence-corrected chi connectivity index (χ1v) is 7.52. The highest BCUT2D eigenvalue weighted by molar-refractivity contribution is 4.78. The van der Waals surface area contributed by atoms with Crippen LogP contribution >= 0.6 is 0 Å². The van der Waals surface area contributed by atoms with Gasteiger partial charge in [-0.25, -0.2) is 0 Å². The van der Waals surface area contributed by atoms with Gasteiger partial charge >= 0.3 is 0 Å². The van der Waals surface area contributed by atoms with E-state index in [4.69, 9.17) is 4.74 Å². The topological polar surface area (TPSA) is 32.7 Å². The molecule has 0 radical (unpaired) electrons. The number of hydrogen-bond donors (Lipinski definition) is 1. The molecule has 1 aliphatic rings. The summed E-state index contributed by atoms with van der Waals surface area (Å²) < 4.78 is 5.45. The van der Waals surface area contributed by atoms with Crippen molar-refractivity contribution in [3.63, 3.8) is 0 Å². The van der Waals surface area contributed by atoms with Gasteiger partial charge in [0.1, 0.15) is 0 Å². The minimum Gasteiger partial charge on any atom is -0.389 e. The van der Waals surface area contributed by atoms with Crippen LogP contribution < -0.4 is 0 Å². The predicted molar refractivity (Wildman–Crippen MR) is 75.8 cm³/mol. The predicted octanol–water partition coefficient (Wildman–Crippen LogP) is 2.67. The molecule has 3 nitrogen and oxygen atoms in total. The third-order valence-corrected chi connectivity index (χ3v) is 4.14. The average molecular weight is 257 g/mol. The third kappa shape index (κ3) is 5.68. The molecule has 3 heteroatoms. The van der Waals surface area contributed by atoms with Gasteiger partial charge in [0, 0.05) is 12.6 Å². The number of ether oxygens (including phenoxy) is 1. The fourth-order valence-corrected chi connectivity index (χ4v) is 2.83. The zero-order valence-corrected chi connectivity index (χ0v) is 12.6. The number of likely N-dealkylation sites (N-methyl/N-ethyl adjacent to an activating group) is 1. The maximum atomic E-state index is 9.93. The lowest BCUT2D eigenvalue weighted by Gasteiger charge is -2.35. The quantitative estimate of drug-likeness (QED) is 0.761. The highest BCUT2D eigenvalue weighted by Crippen LogP contribution is 2.28. The lowest BCUT2D eigenvalue weighted by atomic mass is 9.84. The van der Waals surface area contributed by atoms with Crippen LogP contribution in [0.1, 0.15) is 52.9 Å². The summed E-state index contributed by atoms with van der Waals surface area (Å²) in [5.74, 6) is 0.934. The van der Waals surface area contributed by atoms with Crippen molar-refractivity contribution >= 4 is 0 Å². The number of aliphatic hydroxyl groups is 1. The summed E-state index contributed by atoms with van der Waals surface area (Å²) in [5.41, 5.74) is 0. The van der Waals surface area contributed by atoms with E-state index in [-0.39, 0.29) is 12.2 Å². The maximum Gasteiger partial charge on any atom is 0.0900 e. The van der Waals surface area contributed by atoms with Gasteiger partial charge in [-0.05, 0) is 52.5 Å². The van der Waals surface area contributed by atoms with Crippen molar-refractivity contribution in [2.75, 3.05) is 20.2 Å². The molecule has 0 aromatic rings. The molecular weight excluding hydrogens is 226 g/mol. The van der Waals surface area contributed by atoms with Crippen LogP contribution in [-0.4, -0.2) is 48.5 Å². The standard InChI is InChI=1S/C15H31NO2/c1-5-13-6-8-14(9-7-13)16(4)10-15(17)11-18-12(2)3/h12-15,17H,5-11H2,1-4H3. The van der Waals surface area contributed by atoms with Gasteiger partial charge in [-0.15, -0.1) is 0 Å². The fraction of sp³-hybridized carbons (Fsp3) is 1.00. The first-order chi connectivity index (χ1) is 8.52. The number of rotatable bonds is 7. The van der Waals surface area contributed by atoms with E-state index >= 15 is 0 Å². The van der Waals surface area contributed by atoms with Crippen LogP contribution in [0, 0.1) is 5.92 Å². The van der Waals surface area contributed by atoms with Crippen LogP contribution in [-0.2, 0) is 4.74 Å². The molecule has 0 aromatic heterocycles. The summed E-state index contributed by atoms with van der Waals surface area (Å²) in [6.07, 6.45) is 6.43. The minimum atomic E-state index is -0.360. The van der Waals surface area contributed by atoms with Crippen molar-refractivity contribution in [3.05, 3.63) is 0 Å². The number of nitrogens with zero attached hydrogens (tertiary/aromatic N) is 1. The third-order valence-electron chi connectivity index (χ3n) is 4.14. The molecule has 1 aliphatic carbocycles. The molecule has 0 aliphatic heterocycles. The molecule has 18 heavy (non-hydrogen) atoms. The van der Waals surface area contributed by atoms with Crippen LogP contribution in [0.4, 0.5) is 0 Å². The van der Waals surface area contributed by atoms with Gasteiger partial charge in [-0.3, -0.25) is 0 Å². The average Bonchev–Trinajstić information content (AvgIpc) is 2.36. The molecule has 1 unspecified atom stereocenters. The monoisotopic (exact) mass is 257 g/mol. The molecule has 0 heterocycles. The Bertz CT molecular complexity index is 213. The van der Waals surface area contributed by atoms with Gasteiger partial charge in [-0.2, -0.15) is 0 Å². The van der Waals surface area contributed by atoms with E-state index in [1.165, 1.54) is 32.1 Å². The van der Waals surface area contributed by atoms with E-state index in [1.807, 2.05) is 13.8 Å². The molecule has 0 amide bonds. The van der Waals surface area contributed by atoms with E-state index < -0.39 is 0 Å². The lowest BCUT2D eigenvalue weighted by Crippen LogP contribution is -2.41. The van der Waals surface area contributed by atoms with Crippen LogP contribution in [0.3, 0.4) is 0 Å². The Hall–Kier alpha value is -0.120. The molecule has 1 rings (SSSR count). The van der Waals surface area contributed by atoms with Gasteiger partial charge in [-0.1, -0.05) is 13.3 Å². The fourth-order valence-electron chi connectivity index (χ4n) is 2.83. The Morgan fingerprint density at radius 2 is 1.83 bits per heavy atom. The smallest absolute Gasteiger partial charge is 0.0900 e. The first-order valence-electron chi connectivity index (χ1n) is 7.52. The normalized spacial score (nSPS) is 26.8. The van der Waals surface area contributed by atoms with Crippen molar-refractivity contribution < 1.29 is 9.84 Å². The SMILES string of the molecule is CCC1CCC(N(C)CC(O)COC(C)C)CC1. The first kappa shape index (κ1) is 15.9. The van der Waals surface area contributed by atoms with Crippen molar-refractivity contribution in [3.8, 4) is 0 Å². The zero-order valence-electron chi connectivity index (χ0n) is 12.6. The molecule has 1 atom stereocenters. The van der Waals surface area contributed by atoms with Crippen LogP contribution in [0.2, 0.25) is 0 Å². The lowest BCUT2D eigenvalue weighted by molar-refractivity contribution is -0.0130. The Kier molecular flexibility index (Phi) is 7.20. The summed E-state index contributed by atoms with van der Waals surface area (Å²) >= 11 is 0. The molecule has 0 bridgehead atoms. The van der Waals surface area contributed by atoms with E-state index in [1.54, 1.807) is 0 Å². The molecule has 1 fully saturated rings. The second-order valence-corrected chi connectivity index (χ2v) is 6.06. The van der Waals surface area contributed by atoms with E-state index in [9.17, 15) is 5.11 Å². The van der Waals surface area contributed by atoms with E-state index in [2.05, 4.69) is 18.9 Å². The molecular formula is C15H31NO2. The molecule has 0 saturated heterocycles. The summed E-state index contributed by atoms with van der Waals surface area (Å²) in [6.45, 7) is 7.48. The second-order valence-electron chi connectivity index (χ2n) is 6.06. The minimum absolute atomic E-state index is 0.199. The van der Waals surface area contributed by atoms with Crippen molar-refractivity contribution in [1.82, 2.24) is 4.90 Å². The second kappa shape index (κ2) is 8.13. The van der Waals surface area contributed by atoms with Gasteiger partial charge in [0.2, 0.25) is 0 Å². The van der Waals surface area contributed by atoms with Crippen molar-refractivity contribution in [2.24, 2.45) is 5.92 Å². The maximum absolute atomic E-state index is 9.93. The molecule has 108 valence electrons. The van der Waals surface area contributed by atoms with Gasteiger partial charge in [0.05, 0.1) is 18.8 Å².